The van der Waals surface area contributed by atoms with E-state index in [0.717, 1.165) is 22.2 Å². The summed E-state index contributed by atoms with van der Waals surface area (Å²) in [6.45, 7) is 1.91. The lowest BCUT2D eigenvalue weighted by atomic mass is 10.0. The average Bonchev–Trinajstić information content (AvgIpc) is 2.46. The van der Waals surface area contributed by atoms with Crippen LogP contribution < -0.4 is 0 Å². The summed E-state index contributed by atoms with van der Waals surface area (Å²) in [5.74, 6) is 0. The van der Waals surface area contributed by atoms with Gasteiger partial charge in [-0.15, -0.1) is 0 Å². The van der Waals surface area contributed by atoms with Gasteiger partial charge in [0.15, 0.2) is 0 Å². The zero-order valence-corrected chi connectivity index (χ0v) is 10.6. The van der Waals surface area contributed by atoms with Crippen LogP contribution in [-0.2, 0) is 0 Å². The zero-order chi connectivity index (χ0) is 13.2. The Morgan fingerprint density at radius 2 is 1.79 bits per heavy atom. The minimum Gasteiger partial charge on any atom is -0.382 e. The lowest BCUT2D eigenvalue weighted by Crippen LogP contribution is -2.04. The van der Waals surface area contributed by atoms with Gasteiger partial charge in [0.05, 0.1) is 11.2 Å². The van der Waals surface area contributed by atoms with Gasteiger partial charge in [0.1, 0.15) is 6.10 Å². The maximum absolute atomic E-state index is 10.5. The molecule has 3 heteroatoms. The van der Waals surface area contributed by atoms with Gasteiger partial charge >= 0.3 is 0 Å². The minimum atomic E-state index is -0.751. The standard InChI is InChI=1S/C16H14N2O/c1-11-5-2-9-14(18-11)16(19)13-8-3-6-12-7-4-10-17-15(12)13/h2-10,16,19H,1H3. The monoisotopic (exact) mass is 250 g/mol. The number of rotatable bonds is 2. The molecule has 19 heavy (non-hydrogen) atoms. The van der Waals surface area contributed by atoms with Crippen LogP contribution in [0.15, 0.2) is 54.7 Å². The van der Waals surface area contributed by atoms with E-state index in [9.17, 15) is 5.11 Å². The molecule has 2 heterocycles. The van der Waals surface area contributed by atoms with Crippen LogP contribution in [0, 0.1) is 6.92 Å². The highest BCUT2D eigenvalue weighted by molar-refractivity contribution is 5.82. The van der Waals surface area contributed by atoms with Crippen molar-refractivity contribution in [3.63, 3.8) is 0 Å². The van der Waals surface area contributed by atoms with E-state index in [-0.39, 0.29) is 0 Å². The number of aromatic nitrogens is 2. The third-order valence-corrected chi connectivity index (χ3v) is 3.15. The van der Waals surface area contributed by atoms with E-state index in [2.05, 4.69) is 9.97 Å². The summed E-state index contributed by atoms with van der Waals surface area (Å²) in [5, 5.41) is 11.5. The number of fused-ring (bicyclic) bond motifs is 1. The molecule has 1 aromatic carbocycles. The number of aliphatic hydroxyl groups excluding tert-OH is 1. The number of hydrogen-bond acceptors (Lipinski definition) is 3. The molecular weight excluding hydrogens is 236 g/mol. The molecule has 0 aliphatic carbocycles. The zero-order valence-electron chi connectivity index (χ0n) is 10.6. The van der Waals surface area contributed by atoms with Crippen LogP contribution in [0.3, 0.4) is 0 Å². The Kier molecular flexibility index (Phi) is 2.97. The molecule has 1 unspecified atom stereocenters. The molecule has 0 bridgehead atoms. The second kappa shape index (κ2) is 4.78. The maximum Gasteiger partial charge on any atom is 0.123 e. The topological polar surface area (TPSA) is 46.0 Å². The van der Waals surface area contributed by atoms with Crippen molar-refractivity contribution in [3.05, 3.63) is 71.7 Å². The smallest absolute Gasteiger partial charge is 0.123 e. The summed E-state index contributed by atoms with van der Waals surface area (Å²) in [7, 11) is 0. The van der Waals surface area contributed by atoms with E-state index in [1.165, 1.54) is 0 Å². The Morgan fingerprint density at radius 3 is 2.63 bits per heavy atom. The van der Waals surface area contributed by atoms with Crippen molar-refractivity contribution in [2.45, 2.75) is 13.0 Å². The van der Waals surface area contributed by atoms with E-state index < -0.39 is 6.10 Å². The van der Waals surface area contributed by atoms with Gasteiger partial charge in [0.2, 0.25) is 0 Å². The number of nitrogens with zero attached hydrogens (tertiary/aromatic N) is 2. The first-order valence-electron chi connectivity index (χ1n) is 6.21. The highest BCUT2D eigenvalue weighted by Gasteiger charge is 2.15. The average molecular weight is 250 g/mol. The normalized spacial score (nSPS) is 12.5. The fraction of sp³-hybridized carbons (Fsp3) is 0.125. The summed E-state index contributed by atoms with van der Waals surface area (Å²) in [6.07, 6.45) is 0.987. The van der Waals surface area contributed by atoms with Crippen molar-refractivity contribution >= 4 is 10.9 Å². The number of benzene rings is 1. The van der Waals surface area contributed by atoms with E-state index >= 15 is 0 Å². The summed E-state index contributed by atoms with van der Waals surface area (Å²) in [4.78, 5) is 8.74. The number of aryl methyl sites for hydroxylation is 1. The Morgan fingerprint density at radius 1 is 1.00 bits per heavy atom. The van der Waals surface area contributed by atoms with Crippen LogP contribution in [0.4, 0.5) is 0 Å². The largest absolute Gasteiger partial charge is 0.382 e. The van der Waals surface area contributed by atoms with Gasteiger partial charge in [0.25, 0.3) is 0 Å². The summed E-state index contributed by atoms with van der Waals surface area (Å²) in [5.41, 5.74) is 3.15. The molecule has 1 N–H and O–H groups in total. The van der Waals surface area contributed by atoms with Gasteiger partial charge in [-0.1, -0.05) is 30.3 Å². The quantitative estimate of drug-likeness (QED) is 0.760. The number of pyridine rings is 2. The molecule has 3 nitrogen and oxygen atoms in total. The Labute approximate surface area is 111 Å². The molecule has 0 aliphatic rings. The van der Waals surface area contributed by atoms with E-state index in [1.54, 1.807) is 6.20 Å². The van der Waals surface area contributed by atoms with Crippen molar-refractivity contribution in [1.29, 1.82) is 0 Å². The van der Waals surface area contributed by atoms with Crippen molar-refractivity contribution in [2.75, 3.05) is 0 Å². The maximum atomic E-state index is 10.5. The molecule has 0 saturated heterocycles. The fourth-order valence-corrected chi connectivity index (χ4v) is 2.22. The van der Waals surface area contributed by atoms with E-state index in [1.807, 2.05) is 55.5 Å². The lowest BCUT2D eigenvalue weighted by molar-refractivity contribution is 0.216. The molecular formula is C16H14N2O. The van der Waals surface area contributed by atoms with Gasteiger partial charge in [-0.05, 0) is 25.1 Å². The molecule has 0 fully saturated rings. The Hall–Kier alpha value is -2.26. The molecule has 3 aromatic rings. The van der Waals surface area contributed by atoms with Crippen LogP contribution in [0.25, 0.3) is 10.9 Å². The van der Waals surface area contributed by atoms with Crippen LogP contribution >= 0.6 is 0 Å². The third kappa shape index (κ3) is 2.20. The van der Waals surface area contributed by atoms with Crippen molar-refractivity contribution < 1.29 is 5.11 Å². The van der Waals surface area contributed by atoms with E-state index in [0.29, 0.717) is 5.69 Å². The first kappa shape index (κ1) is 11.8. The predicted molar refractivity (Wildman–Crippen MR) is 74.8 cm³/mol. The molecule has 94 valence electrons. The van der Waals surface area contributed by atoms with Crippen molar-refractivity contribution in [1.82, 2.24) is 9.97 Å². The van der Waals surface area contributed by atoms with Gasteiger partial charge in [-0.25, -0.2) is 0 Å². The number of hydrogen-bond donors (Lipinski definition) is 1. The van der Waals surface area contributed by atoms with Crippen LogP contribution in [-0.4, -0.2) is 15.1 Å². The first-order chi connectivity index (χ1) is 9.25. The lowest BCUT2D eigenvalue weighted by Gasteiger charge is -2.13. The second-order valence-electron chi connectivity index (χ2n) is 4.53. The molecule has 0 saturated carbocycles. The highest BCUT2D eigenvalue weighted by atomic mass is 16.3. The molecule has 1 atom stereocenters. The molecule has 0 aliphatic heterocycles. The Bertz CT molecular complexity index is 719. The van der Waals surface area contributed by atoms with Gasteiger partial charge in [-0.2, -0.15) is 0 Å². The Balaban J connectivity index is 2.14. The molecule has 3 rings (SSSR count). The van der Waals surface area contributed by atoms with Crippen molar-refractivity contribution in [2.24, 2.45) is 0 Å². The van der Waals surface area contributed by atoms with Crippen LogP contribution in [0.2, 0.25) is 0 Å². The number of aliphatic hydroxyl groups is 1. The SMILES string of the molecule is Cc1cccc(C(O)c2cccc3cccnc23)n1. The summed E-state index contributed by atoms with van der Waals surface area (Å²) >= 11 is 0. The van der Waals surface area contributed by atoms with Gasteiger partial charge in [-0.3, -0.25) is 9.97 Å². The predicted octanol–water partition coefficient (Wildman–Crippen LogP) is 3.02. The fourth-order valence-electron chi connectivity index (χ4n) is 2.22. The first-order valence-corrected chi connectivity index (χ1v) is 6.21. The molecule has 0 spiro atoms. The van der Waals surface area contributed by atoms with Gasteiger partial charge < -0.3 is 5.11 Å². The van der Waals surface area contributed by atoms with E-state index in [4.69, 9.17) is 0 Å². The minimum absolute atomic E-state index is 0.651. The molecule has 0 radical (unpaired) electrons. The van der Waals surface area contributed by atoms with Crippen LogP contribution in [0.1, 0.15) is 23.1 Å². The number of para-hydroxylation sites is 1. The summed E-state index contributed by atoms with van der Waals surface area (Å²) < 4.78 is 0. The summed E-state index contributed by atoms with van der Waals surface area (Å²) in [6, 6.07) is 15.3. The molecule has 2 aromatic heterocycles. The third-order valence-electron chi connectivity index (χ3n) is 3.15. The second-order valence-corrected chi connectivity index (χ2v) is 4.53. The molecule has 0 amide bonds. The van der Waals surface area contributed by atoms with Crippen molar-refractivity contribution in [3.8, 4) is 0 Å². The highest BCUT2D eigenvalue weighted by Crippen LogP contribution is 2.26. The van der Waals surface area contributed by atoms with Gasteiger partial charge in [0, 0.05) is 22.8 Å². The van der Waals surface area contributed by atoms with Crippen LogP contribution in [0.5, 0.6) is 0 Å².